The smallest absolute Gasteiger partial charge is 0.245 e. The van der Waals surface area contributed by atoms with E-state index in [2.05, 4.69) is 9.98 Å². The van der Waals surface area contributed by atoms with E-state index in [-0.39, 0.29) is 11.9 Å². The van der Waals surface area contributed by atoms with Crippen molar-refractivity contribution in [1.82, 2.24) is 0 Å². The molecule has 0 aliphatic carbocycles. The number of hydrogen-bond acceptors (Lipinski definition) is 2. The van der Waals surface area contributed by atoms with Gasteiger partial charge in [-0.05, 0) is 13.3 Å². The summed E-state index contributed by atoms with van der Waals surface area (Å²) in [6.45, 7) is 5.80. The maximum absolute atomic E-state index is 7.73. The van der Waals surface area contributed by atoms with Crippen LogP contribution in [-0.2, 0) is 0 Å². The van der Waals surface area contributed by atoms with E-state index in [0.29, 0.717) is 11.7 Å². The predicted molar refractivity (Wildman–Crippen MR) is 79.0 cm³/mol. The van der Waals surface area contributed by atoms with E-state index in [0.717, 1.165) is 12.1 Å². The highest BCUT2D eigenvalue weighted by Gasteiger charge is 2.08. The average molecular weight is 263 g/mol. The fourth-order valence-corrected chi connectivity index (χ4v) is 1.33. The van der Waals surface area contributed by atoms with Gasteiger partial charge in [0.2, 0.25) is 5.96 Å². The van der Waals surface area contributed by atoms with Crippen molar-refractivity contribution >= 4 is 23.3 Å². The summed E-state index contributed by atoms with van der Waals surface area (Å²) in [7, 11) is 1.85. The Bertz CT molecular complexity index is 475. The third-order valence-corrected chi connectivity index (χ3v) is 3.00. The number of hydrogen-bond donors (Lipinski definition) is 2. The average Bonchev–Trinajstić information content (AvgIpc) is 2.90. The number of amidine groups is 2. The van der Waals surface area contributed by atoms with Crippen molar-refractivity contribution in [2.24, 2.45) is 21.6 Å². The summed E-state index contributed by atoms with van der Waals surface area (Å²) in [4.78, 5) is 9.91. The standard InChI is InChI=1S/C13H21N5O/c1-5-9(2)12(14)17-13(15)16-10(3)18(4)11-6-7-19-8-11/h6-9H,5H2,1-4H3,(H3,14,15,17). The number of nitrogens with zero attached hydrogens (tertiary/aromatic N) is 3. The Morgan fingerprint density at radius 2 is 2.21 bits per heavy atom. The van der Waals surface area contributed by atoms with Gasteiger partial charge in [0, 0.05) is 19.0 Å². The van der Waals surface area contributed by atoms with Crippen molar-refractivity contribution in [3.8, 4) is 0 Å². The number of aliphatic imine (C=N–C) groups is 2. The number of nitrogens with one attached hydrogen (secondary N) is 1. The molecule has 3 N–H and O–H groups in total. The van der Waals surface area contributed by atoms with Gasteiger partial charge >= 0.3 is 0 Å². The second-order valence-electron chi connectivity index (χ2n) is 4.37. The molecule has 1 atom stereocenters. The summed E-state index contributed by atoms with van der Waals surface area (Å²) in [6.07, 6.45) is 4.09. The first-order valence-corrected chi connectivity index (χ1v) is 6.19. The van der Waals surface area contributed by atoms with Crippen LogP contribution < -0.4 is 10.6 Å². The monoisotopic (exact) mass is 263 g/mol. The van der Waals surface area contributed by atoms with Gasteiger partial charge in [-0.3, -0.25) is 5.41 Å². The van der Waals surface area contributed by atoms with Crippen molar-refractivity contribution in [3.05, 3.63) is 18.6 Å². The normalized spacial score (nSPS) is 14.3. The lowest BCUT2D eigenvalue weighted by molar-refractivity contribution is 0.567. The van der Waals surface area contributed by atoms with Crippen LogP contribution in [0.1, 0.15) is 27.2 Å². The van der Waals surface area contributed by atoms with E-state index in [1.165, 1.54) is 0 Å². The zero-order valence-corrected chi connectivity index (χ0v) is 11.8. The van der Waals surface area contributed by atoms with Crippen LogP contribution in [0, 0.1) is 11.3 Å². The predicted octanol–water partition coefficient (Wildman–Crippen LogP) is 2.47. The van der Waals surface area contributed by atoms with Gasteiger partial charge in [0.15, 0.2) is 0 Å². The lowest BCUT2D eigenvalue weighted by atomic mass is 10.1. The summed E-state index contributed by atoms with van der Waals surface area (Å²) < 4.78 is 5.00. The molecule has 0 amide bonds. The molecule has 0 aromatic carbocycles. The Labute approximate surface area is 113 Å². The topological polar surface area (TPSA) is 91.0 Å². The van der Waals surface area contributed by atoms with Gasteiger partial charge in [0.25, 0.3) is 0 Å². The molecule has 0 fully saturated rings. The minimum atomic E-state index is -0.0920. The first-order valence-electron chi connectivity index (χ1n) is 6.19. The molecule has 0 saturated carbocycles. The van der Waals surface area contributed by atoms with Crippen LogP contribution in [0.15, 0.2) is 33.0 Å². The van der Waals surface area contributed by atoms with Crippen molar-refractivity contribution in [3.63, 3.8) is 0 Å². The van der Waals surface area contributed by atoms with E-state index in [1.54, 1.807) is 19.5 Å². The van der Waals surface area contributed by atoms with E-state index < -0.39 is 0 Å². The molecule has 0 saturated heterocycles. The SMILES string of the molecule is CCC(C)C(N)=NC(=N)N=C(C)N(C)c1ccoc1. The first kappa shape index (κ1) is 14.9. The van der Waals surface area contributed by atoms with E-state index in [9.17, 15) is 0 Å². The highest BCUT2D eigenvalue weighted by atomic mass is 16.3. The Balaban J connectivity index is 2.76. The van der Waals surface area contributed by atoms with Crippen molar-refractivity contribution < 1.29 is 4.42 Å². The molecule has 0 radical (unpaired) electrons. The molecule has 0 bridgehead atoms. The lowest BCUT2D eigenvalue weighted by Gasteiger charge is -2.15. The molecule has 0 aliphatic rings. The largest absolute Gasteiger partial charge is 0.470 e. The summed E-state index contributed by atoms with van der Waals surface area (Å²) >= 11 is 0. The van der Waals surface area contributed by atoms with E-state index in [1.807, 2.05) is 31.9 Å². The minimum Gasteiger partial charge on any atom is -0.470 e. The van der Waals surface area contributed by atoms with Crippen LogP contribution in [-0.4, -0.2) is 24.7 Å². The Hall–Kier alpha value is -2.11. The molecule has 1 aromatic heterocycles. The van der Waals surface area contributed by atoms with Crippen molar-refractivity contribution in [2.75, 3.05) is 11.9 Å². The molecule has 1 heterocycles. The third kappa shape index (κ3) is 4.24. The number of furan rings is 1. The molecule has 6 heteroatoms. The first-order chi connectivity index (χ1) is 8.95. The summed E-state index contributed by atoms with van der Waals surface area (Å²) in [5.74, 6) is 1.15. The molecule has 6 nitrogen and oxygen atoms in total. The molecule has 0 aliphatic heterocycles. The summed E-state index contributed by atoms with van der Waals surface area (Å²) in [5.41, 5.74) is 6.65. The Morgan fingerprint density at radius 3 is 2.74 bits per heavy atom. The highest BCUT2D eigenvalue weighted by molar-refractivity contribution is 6.05. The molecular formula is C13H21N5O. The second kappa shape index (κ2) is 6.72. The Kier molecular flexibility index (Phi) is 5.29. The third-order valence-electron chi connectivity index (χ3n) is 3.00. The molecule has 19 heavy (non-hydrogen) atoms. The van der Waals surface area contributed by atoms with Gasteiger partial charge < -0.3 is 15.1 Å². The minimum absolute atomic E-state index is 0.0920. The van der Waals surface area contributed by atoms with E-state index >= 15 is 0 Å². The lowest BCUT2D eigenvalue weighted by Crippen LogP contribution is -2.25. The van der Waals surface area contributed by atoms with Gasteiger partial charge in [-0.15, -0.1) is 0 Å². The zero-order valence-electron chi connectivity index (χ0n) is 11.8. The van der Waals surface area contributed by atoms with Crippen LogP contribution in [0.3, 0.4) is 0 Å². The van der Waals surface area contributed by atoms with Gasteiger partial charge in [-0.25, -0.2) is 0 Å². The van der Waals surface area contributed by atoms with Gasteiger partial charge in [0.1, 0.15) is 17.9 Å². The highest BCUT2D eigenvalue weighted by Crippen LogP contribution is 2.12. The van der Waals surface area contributed by atoms with Crippen LogP contribution >= 0.6 is 0 Å². The van der Waals surface area contributed by atoms with E-state index in [4.69, 9.17) is 15.6 Å². The van der Waals surface area contributed by atoms with Gasteiger partial charge in [0.05, 0.1) is 12.0 Å². The fourth-order valence-electron chi connectivity index (χ4n) is 1.33. The van der Waals surface area contributed by atoms with Crippen molar-refractivity contribution in [1.29, 1.82) is 5.41 Å². The van der Waals surface area contributed by atoms with Crippen LogP contribution in [0.2, 0.25) is 0 Å². The number of anilines is 1. The summed E-state index contributed by atoms with van der Waals surface area (Å²) in [6, 6.07) is 1.82. The van der Waals surface area contributed by atoms with Gasteiger partial charge in [-0.2, -0.15) is 9.98 Å². The van der Waals surface area contributed by atoms with Gasteiger partial charge in [-0.1, -0.05) is 13.8 Å². The maximum Gasteiger partial charge on any atom is 0.245 e. The maximum atomic E-state index is 7.73. The zero-order chi connectivity index (χ0) is 14.4. The molecule has 1 rings (SSSR count). The van der Waals surface area contributed by atoms with Crippen molar-refractivity contribution in [2.45, 2.75) is 27.2 Å². The fraction of sp³-hybridized carbons (Fsp3) is 0.462. The number of guanidine groups is 1. The second-order valence-corrected chi connectivity index (χ2v) is 4.37. The summed E-state index contributed by atoms with van der Waals surface area (Å²) in [5, 5.41) is 7.73. The molecule has 0 spiro atoms. The van der Waals surface area contributed by atoms with Crippen LogP contribution in [0.25, 0.3) is 0 Å². The van der Waals surface area contributed by atoms with Crippen LogP contribution in [0.5, 0.6) is 0 Å². The molecular weight excluding hydrogens is 242 g/mol. The number of nitrogens with two attached hydrogens (primary N) is 1. The molecule has 1 aromatic rings. The number of rotatable bonds is 3. The molecule has 1 unspecified atom stereocenters. The quantitative estimate of drug-likeness (QED) is 0.648. The Morgan fingerprint density at radius 1 is 1.53 bits per heavy atom. The van der Waals surface area contributed by atoms with Crippen LogP contribution in [0.4, 0.5) is 5.69 Å². The molecule has 104 valence electrons.